The van der Waals surface area contributed by atoms with Crippen LogP contribution < -0.4 is 5.32 Å². The van der Waals surface area contributed by atoms with E-state index in [0.717, 1.165) is 5.76 Å². The molecule has 1 heterocycles. The van der Waals surface area contributed by atoms with Gasteiger partial charge < -0.3 is 10.1 Å². The number of methoxy groups -OCH3 is 1. The second-order valence-corrected chi connectivity index (χ2v) is 1.87. The van der Waals surface area contributed by atoms with Gasteiger partial charge in [-0.15, -0.1) is 0 Å². The van der Waals surface area contributed by atoms with Gasteiger partial charge in [0.1, 0.15) is 11.8 Å². The van der Waals surface area contributed by atoms with Gasteiger partial charge in [0, 0.05) is 6.20 Å². The molecule has 3 nitrogen and oxygen atoms in total. The lowest BCUT2D eigenvalue weighted by atomic mass is 10.3. The van der Waals surface area contributed by atoms with Crippen LogP contribution in [0.1, 0.15) is 20.8 Å². The quantitative estimate of drug-likeness (QED) is 0.624. The molecule has 0 amide bonds. The lowest BCUT2D eigenvalue weighted by Crippen LogP contribution is -2.17. The fraction of sp³-hybridized carbons (Fsp3) is 0.625. The molecule has 0 aromatic carbocycles. The van der Waals surface area contributed by atoms with Crippen molar-refractivity contribution in [1.82, 2.24) is 5.32 Å². The maximum absolute atomic E-state index is 4.99. The Hall–Kier alpha value is -0.990. The fourth-order valence-electron chi connectivity index (χ4n) is 0.698. The van der Waals surface area contributed by atoms with Gasteiger partial charge in [0.2, 0.25) is 0 Å². The summed E-state index contributed by atoms with van der Waals surface area (Å²) in [5, 5.41) is 2.84. The molecule has 0 saturated carbocycles. The molecule has 1 aliphatic rings. The maximum atomic E-state index is 4.99. The van der Waals surface area contributed by atoms with E-state index in [4.69, 9.17) is 4.74 Å². The normalized spacial score (nSPS) is 20.7. The van der Waals surface area contributed by atoms with Crippen molar-refractivity contribution in [2.24, 2.45) is 4.99 Å². The van der Waals surface area contributed by atoms with Gasteiger partial charge in [-0.1, -0.05) is 13.8 Å². The Morgan fingerprint density at radius 1 is 1.55 bits per heavy atom. The summed E-state index contributed by atoms with van der Waals surface area (Å²) >= 11 is 0. The molecule has 1 atom stereocenters. The topological polar surface area (TPSA) is 33.6 Å². The van der Waals surface area contributed by atoms with E-state index in [2.05, 4.69) is 10.3 Å². The third-order valence-electron chi connectivity index (χ3n) is 1.25. The van der Waals surface area contributed by atoms with Crippen molar-refractivity contribution >= 4 is 6.34 Å². The monoisotopic (exact) mass is 156 g/mol. The van der Waals surface area contributed by atoms with Crippen LogP contribution in [0.4, 0.5) is 0 Å². The van der Waals surface area contributed by atoms with Crippen molar-refractivity contribution in [2.45, 2.75) is 26.8 Å². The van der Waals surface area contributed by atoms with Crippen LogP contribution in [-0.4, -0.2) is 19.5 Å². The summed E-state index contributed by atoms with van der Waals surface area (Å²) < 4.78 is 4.99. The predicted octanol–water partition coefficient (Wildman–Crippen LogP) is 1.52. The second kappa shape index (κ2) is 5.77. The van der Waals surface area contributed by atoms with Crippen molar-refractivity contribution in [3.63, 3.8) is 0 Å². The summed E-state index contributed by atoms with van der Waals surface area (Å²) in [5.74, 6) is 0.873. The van der Waals surface area contributed by atoms with Crippen LogP contribution in [-0.2, 0) is 4.74 Å². The highest BCUT2D eigenvalue weighted by Gasteiger charge is 2.07. The van der Waals surface area contributed by atoms with E-state index < -0.39 is 0 Å². The summed E-state index contributed by atoms with van der Waals surface area (Å²) in [7, 11) is 1.64. The SMILES string of the molecule is CC.COC1=CNC=NC1C. The molecule has 0 saturated heterocycles. The first kappa shape index (κ1) is 10.0. The minimum absolute atomic E-state index is 0.163. The van der Waals surface area contributed by atoms with Crippen LogP contribution in [0.25, 0.3) is 0 Å². The number of aliphatic imine (C=N–C) groups is 1. The van der Waals surface area contributed by atoms with E-state index >= 15 is 0 Å². The Morgan fingerprint density at radius 3 is 2.55 bits per heavy atom. The van der Waals surface area contributed by atoms with Crippen molar-refractivity contribution in [2.75, 3.05) is 7.11 Å². The highest BCUT2D eigenvalue weighted by Crippen LogP contribution is 2.06. The van der Waals surface area contributed by atoms with Crippen LogP contribution in [0.2, 0.25) is 0 Å². The molecule has 64 valence electrons. The second-order valence-electron chi connectivity index (χ2n) is 1.87. The number of hydrogen-bond donors (Lipinski definition) is 1. The van der Waals surface area contributed by atoms with Crippen LogP contribution in [0, 0.1) is 0 Å². The Morgan fingerprint density at radius 2 is 2.18 bits per heavy atom. The van der Waals surface area contributed by atoms with E-state index in [1.165, 1.54) is 0 Å². The highest BCUT2D eigenvalue weighted by molar-refractivity contribution is 5.58. The van der Waals surface area contributed by atoms with Gasteiger partial charge in [-0.2, -0.15) is 0 Å². The van der Waals surface area contributed by atoms with Crippen LogP contribution in [0.5, 0.6) is 0 Å². The zero-order valence-electron chi connectivity index (χ0n) is 7.59. The van der Waals surface area contributed by atoms with E-state index in [1.807, 2.05) is 20.8 Å². The molecule has 0 radical (unpaired) electrons. The Balaban J connectivity index is 0.000000461. The molecule has 3 heteroatoms. The molecule has 1 N–H and O–H groups in total. The van der Waals surface area contributed by atoms with Gasteiger partial charge in [0.15, 0.2) is 0 Å². The standard InChI is InChI=1S/C6H10N2O.C2H6/c1-5-6(9-2)3-7-4-8-5;1-2/h3-5H,1-2H3,(H,7,8);1-2H3. The first-order chi connectivity index (χ1) is 5.34. The van der Waals surface area contributed by atoms with E-state index in [9.17, 15) is 0 Å². The summed E-state index contributed by atoms with van der Waals surface area (Å²) in [6.45, 7) is 5.98. The van der Waals surface area contributed by atoms with Gasteiger partial charge >= 0.3 is 0 Å². The lowest BCUT2D eigenvalue weighted by Gasteiger charge is -2.13. The highest BCUT2D eigenvalue weighted by atomic mass is 16.5. The molecular formula is C8H16N2O. The van der Waals surface area contributed by atoms with Crippen molar-refractivity contribution in [1.29, 1.82) is 0 Å². The fourth-order valence-corrected chi connectivity index (χ4v) is 0.698. The number of rotatable bonds is 1. The molecular weight excluding hydrogens is 140 g/mol. The zero-order chi connectivity index (χ0) is 8.69. The maximum Gasteiger partial charge on any atom is 0.136 e. The summed E-state index contributed by atoms with van der Waals surface area (Å²) in [6.07, 6.45) is 3.46. The van der Waals surface area contributed by atoms with Gasteiger partial charge in [-0.05, 0) is 6.92 Å². The third kappa shape index (κ3) is 3.07. The van der Waals surface area contributed by atoms with Crippen molar-refractivity contribution in [3.05, 3.63) is 12.0 Å². The Bertz CT molecular complexity index is 152. The van der Waals surface area contributed by atoms with Crippen LogP contribution in [0.15, 0.2) is 17.0 Å². The number of hydrogen-bond acceptors (Lipinski definition) is 3. The minimum Gasteiger partial charge on any atom is -0.497 e. The van der Waals surface area contributed by atoms with Crippen molar-refractivity contribution in [3.8, 4) is 0 Å². The molecule has 0 fully saturated rings. The summed E-state index contributed by atoms with van der Waals surface area (Å²) in [5.41, 5.74) is 0. The van der Waals surface area contributed by atoms with Crippen LogP contribution >= 0.6 is 0 Å². The molecule has 0 aromatic heterocycles. The van der Waals surface area contributed by atoms with Gasteiger partial charge in [-0.25, -0.2) is 0 Å². The number of nitrogens with zero attached hydrogens (tertiary/aromatic N) is 1. The Kier molecular flexibility index (Phi) is 5.25. The molecule has 1 rings (SSSR count). The first-order valence-electron chi connectivity index (χ1n) is 3.86. The molecule has 1 aliphatic heterocycles. The molecule has 0 spiro atoms. The molecule has 0 aliphatic carbocycles. The van der Waals surface area contributed by atoms with Gasteiger partial charge in [0.25, 0.3) is 0 Å². The average Bonchev–Trinajstić information content (AvgIpc) is 2.09. The summed E-state index contributed by atoms with van der Waals surface area (Å²) in [4.78, 5) is 4.05. The van der Waals surface area contributed by atoms with E-state index in [1.54, 1.807) is 19.6 Å². The zero-order valence-corrected chi connectivity index (χ0v) is 7.59. The van der Waals surface area contributed by atoms with Gasteiger partial charge in [-0.3, -0.25) is 4.99 Å². The lowest BCUT2D eigenvalue weighted by molar-refractivity contribution is 0.265. The summed E-state index contributed by atoms with van der Waals surface area (Å²) in [6, 6.07) is 0.163. The minimum atomic E-state index is 0.163. The molecule has 11 heavy (non-hydrogen) atoms. The largest absolute Gasteiger partial charge is 0.497 e. The van der Waals surface area contributed by atoms with Crippen molar-refractivity contribution < 1.29 is 4.74 Å². The predicted molar refractivity (Wildman–Crippen MR) is 47.5 cm³/mol. The molecule has 1 unspecified atom stereocenters. The third-order valence-corrected chi connectivity index (χ3v) is 1.25. The van der Waals surface area contributed by atoms with E-state index in [-0.39, 0.29) is 6.04 Å². The van der Waals surface area contributed by atoms with Crippen LogP contribution in [0.3, 0.4) is 0 Å². The number of ether oxygens (including phenoxy) is 1. The number of nitrogens with one attached hydrogen (secondary N) is 1. The Labute approximate surface area is 68.2 Å². The van der Waals surface area contributed by atoms with E-state index in [0.29, 0.717) is 0 Å². The van der Waals surface area contributed by atoms with Gasteiger partial charge in [0.05, 0.1) is 13.4 Å². The molecule has 0 aromatic rings. The smallest absolute Gasteiger partial charge is 0.136 e. The average molecular weight is 156 g/mol. The molecule has 0 bridgehead atoms. The first-order valence-corrected chi connectivity index (χ1v) is 3.86.